The van der Waals surface area contributed by atoms with E-state index in [1.54, 1.807) is 11.1 Å². The molecule has 0 aliphatic carbocycles. The van der Waals surface area contributed by atoms with Crippen molar-refractivity contribution < 1.29 is 14.3 Å². The summed E-state index contributed by atoms with van der Waals surface area (Å²) in [6.45, 7) is 0.876. The summed E-state index contributed by atoms with van der Waals surface area (Å²) in [4.78, 5) is 14.0. The van der Waals surface area contributed by atoms with Crippen molar-refractivity contribution in [3.63, 3.8) is 0 Å². The van der Waals surface area contributed by atoms with Crippen LogP contribution in [0.2, 0.25) is 0 Å². The standard InChI is InChI=1S/C17H20N4O3/c1-20-15(22)8-12(16(20)13-6-7-19-21(13)2)18-9-11-4-3-5-14-17(11)24-10-23-14/h3-7,12,16,18H,8-10H2,1-2H3/t12-,16-/m1/s1. The Bertz CT molecular complexity index is 773. The minimum atomic E-state index is -0.0288. The normalized spacial score (nSPS) is 22.4. The molecule has 126 valence electrons. The Morgan fingerprint density at radius 2 is 2.17 bits per heavy atom. The zero-order valence-corrected chi connectivity index (χ0v) is 13.7. The van der Waals surface area contributed by atoms with E-state index in [0.29, 0.717) is 13.0 Å². The molecule has 0 saturated carbocycles. The van der Waals surface area contributed by atoms with Gasteiger partial charge in [-0.3, -0.25) is 9.48 Å². The molecule has 2 aliphatic rings. The number of nitrogens with one attached hydrogen (secondary N) is 1. The minimum absolute atomic E-state index is 0.0241. The molecule has 1 aromatic heterocycles. The molecule has 0 spiro atoms. The van der Waals surface area contributed by atoms with Crippen LogP contribution < -0.4 is 14.8 Å². The van der Waals surface area contributed by atoms with E-state index in [1.807, 2.05) is 43.0 Å². The quantitative estimate of drug-likeness (QED) is 0.914. The highest BCUT2D eigenvalue weighted by Crippen LogP contribution is 2.36. The number of rotatable bonds is 4. The number of fused-ring (bicyclic) bond motifs is 1. The van der Waals surface area contributed by atoms with Crippen LogP contribution in [0.3, 0.4) is 0 Å². The van der Waals surface area contributed by atoms with Gasteiger partial charge in [-0.1, -0.05) is 12.1 Å². The van der Waals surface area contributed by atoms with Gasteiger partial charge in [0, 0.05) is 44.9 Å². The Morgan fingerprint density at radius 1 is 1.29 bits per heavy atom. The van der Waals surface area contributed by atoms with E-state index in [1.165, 1.54) is 0 Å². The lowest BCUT2D eigenvalue weighted by Gasteiger charge is -2.26. The predicted molar refractivity (Wildman–Crippen MR) is 86.5 cm³/mol. The number of likely N-dealkylation sites (tertiary alicyclic amines) is 1. The number of ether oxygens (including phenoxy) is 2. The number of amides is 1. The van der Waals surface area contributed by atoms with Crippen LogP contribution in [-0.4, -0.2) is 40.5 Å². The molecular weight excluding hydrogens is 308 g/mol. The molecule has 0 bridgehead atoms. The summed E-state index contributed by atoms with van der Waals surface area (Å²) >= 11 is 0. The number of likely N-dealkylation sites (N-methyl/N-ethyl adjacent to an activating group) is 1. The average Bonchev–Trinajstić information content (AvgIpc) is 3.26. The van der Waals surface area contributed by atoms with Gasteiger partial charge in [0.05, 0.1) is 11.7 Å². The van der Waals surface area contributed by atoms with Crippen LogP contribution in [0.25, 0.3) is 0 Å². The van der Waals surface area contributed by atoms with Gasteiger partial charge in [-0.05, 0) is 12.1 Å². The van der Waals surface area contributed by atoms with Crippen molar-refractivity contribution in [3.05, 3.63) is 41.7 Å². The first-order valence-electron chi connectivity index (χ1n) is 7.99. The molecule has 0 radical (unpaired) electrons. The van der Waals surface area contributed by atoms with Crippen LogP contribution in [0.15, 0.2) is 30.5 Å². The number of carbonyl (C=O) groups excluding carboxylic acids is 1. The number of carbonyl (C=O) groups is 1. The second-order valence-corrected chi connectivity index (χ2v) is 6.17. The molecule has 1 fully saturated rings. The Morgan fingerprint density at radius 3 is 2.96 bits per heavy atom. The lowest BCUT2D eigenvalue weighted by molar-refractivity contribution is -0.127. The van der Waals surface area contributed by atoms with Crippen LogP contribution in [0.5, 0.6) is 11.5 Å². The predicted octanol–water partition coefficient (Wildman–Crippen LogP) is 1.21. The third kappa shape index (κ3) is 2.41. The van der Waals surface area contributed by atoms with E-state index in [9.17, 15) is 4.79 Å². The second kappa shape index (κ2) is 5.83. The van der Waals surface area contributed by atoms with Crippen molar-refractivity contribution in [3.8, 4) is 11.5 Å². The summed E-state index contributed by atoms with van der Waals surface area (Å²) in [7, 11) is 3.75. The summed E-state index contributed by atoms with van der Waals surface area (Å²) < 4.78 is 12.8. The van der Waals surface area contributed by atoms with Gasteiger partial charge in [0.1, 0.15) is 0 Å². The van der Waals surface area contributed by atoms with Gasteiger partial charge in [-0.25, -0.2) is 0 Å². The highest BCUT2D eigenvalue weighted by atomic mass is 16.7. The van der Waals surface area contributed by atoms with Crippen LogP contribution in [0, 0.1) is 0 Å². The number of aromatic nitrogens is 2. The molecule has 4 rings (SSSR count). The van der Waals surface area contributed by atoms with E-state index in [2.05, 4.69) is 10.4 Å². The van der Waals surface area contributed by atoms with Crippen LogP contribution >= 0.6 is 0 Å². The first kappa shape index (κ1) is 15.0. The van der Waals surface area contributed by atoms with Gasteiger partial charge in [0.25, 0.3) is 0 Å². The third-order valence-electron chi connectivity index (χ3n) is 4.78. The monoisotopic (exact) mass is 328 g/mol. The Labute approximate surface area is 140 Å². The largest absolute Gasteiger partial charge is 0.454 e. The SMILES string of the molecule is CN1C(=O)C[C@@H](NCc2cccc3c2OCO3)[C@@H]1c1ccnn1C. The maximum atomic E-state index is 12.2. The molecule has 2 atom stereocenters. The van der Waals surface area contributed by atoms with E-state index in [-0.39, 0.29) is 24.8 Å². The van der Waals surface area contributed by atoms with Crippen molar-refractivity contribution in [2.75, 3.05) is 13.8 Å². The van der Waals surface area contributed by atoms with E-state index >= 15 is 0 Å². The Balaban J connectivity index is 1.54. The summed E-state index contributed by atoms with van der Waals surface area (Å²) in [5.41, 5.74) is 2.06. The molecular formula is C17H20N4O3. The third-order valence-corrected chi connectivity index (χ3v) is 4.78. The van der Waals surface area contributed by atoms with E-state index < -0.39 is 0 Å². The van der Waals surface area contributed by atoms with E-state index in [0.717, 1.165) is 22.8 Å². The van der Waals surface area contributed by atoms with Crippen LogP contribution in [0.1, 0.15) is 23.7 Å². The molecule has 1 N–H and O–H groups in total. The van der Waals surface area contributed by atoms with Crippen LogP contribution in [-0.2, 0) is 18.4 Å². The minimum Gasteiger partial charge on any atom is -0.454 e. The zero-order valence-electron chi connectivity index (χ0n) is 13.7. The fourth-order valence-electron chi connectivity index (χ4n) is 3.50. The molecule has 3 heterocycles. The highest BCUT2D eigenvalue weighted by molar-refractivity contribution is 5.80. The van der Waals surface area contributed by atoms with Crippen molar-refractivity contribution in [2.45, 2.75) is 25.0 Å². The van der Waals surface area contributed by atoms with Gasteiger partial charge in [0.2, 0.25) is 12.7 Å². The second-order valence-electron chi connectivity index (χ2n) is 6.17. The lowest BCUT2D eigenvalue weighted by Crippen LogP contribution is -2.36. The van der Waals surface area contributed by atoms with Gasteiger partial charge in [0.15, 0.2) is 11.5 Å². The molecule has 2 aliphatic heterocycles. The summed E-state index contributed by atoms with van der Waals surface area (Å²) in [5, 5.41) is 7.75. The molecule has 7 nitrogen and oxygen atoms in total. The maximum absolute atomic E-state index is 12.2. The van der Waals surface area contributed by atoms with Crippen molar-refractivity contribution in [1.82, 2.24) is 20.0 Å². The molecule has 7 heteroatoms. The number of hydrogen-bond donors (Lipinski definition) is 1. The molecule has 0 unspecified atom stereocenters. The van der Waals surface area contributed by atoms with E-state index in [4.69, 9.17) is 9.47 Å². The summed E-state index contributed by atoms with van der Waals surface area (Å²) in [6.07, 6.45) is 2.23. The molecule has 1 aromatic carbocycles. The molecule has 2 aromatic rings. The highest BCUT2D eigenvalue weighted by Gasteiger charge is 2.39. The Kier molecular flexibility index (Phi) is 3.65. The van der Waals surface area contributed by atoms with Gasteiger partial charge in [-0.2, -0.15) is 5.10 Å². The molecule has 1 saturated heterocycles. The van der Waals surface area contributed by atoms with Crippen LogP contribution in [0.4, 0.5) is 0 Å². The first-order valence-corrected chi connectivity index (χ1v) is 7.99. The van der Waals surface area contributed by atoms with Crippen molar-refractivity contribution >= 4 is 5.91 Å². The maximum Gasteiger partial charge on any atom is 0.231 e. The molecule has 24 heavy (non-hydrogen) atoms. The number of benzene rings is 1. The zero-order chi connectivity index (χ0) is 16.7. The number of para-hydroxylation sites is 1. The van der Waals surface area contributed by atoms with Gasteiger partial charge in [-0.15, -0.1) is 0 Å². The van der Waals surface area contributed by atoms with Crippen molar-refractivity contribution in [1.29, 1.82) is 0 Å². The number of nitrogens with zero attached hydrogens (tertiary/aromatic N) is 3. The molecule has 1 amide bonds. The number of aryl methyl sites for hydroxylation is 1. The fraction of sp³-hybridized carbons (Fsp3) is 0.412. The van der Waals surface area contributed by atoms with Gasteiger partial charge < -0.3 is 19.7 Å². The number of hydrogen-bond acceptors (Lipinski definition) is 5. The van der Waals surface area contributed by atoms with Crippen molar-refractivity contribution in [2.24, 2.45) is 7.05 Å². The van der Waals surface area contributed by atoms with Gasteiger partial charge >= 0.3 is 0 Å². The summed E-state index contributed by atoms with van der Waals surface area (Å²) in [6, 6.07) is 7.83. The average molecular weight is 328 g/mol. The summed E-state index contributed by atoms with van der Waals surface area (Å²) in [5.74, 6) is 1.70. The first-order chi connectivity index (χ1) is 11.6. The lowest BCUT2D eigenvalue weighted by atomic mass is 10.0. The topological polar surface area (TPSA) is 68.6 Å². The smallest absolute Gasteiger partial charge is 0.231 e. The fourth-order valence-corrected chi connectivity index (χ4v) is 3.50. The Hall–Kier alpha value is -2.54.